The van der Waals surface area contributed by atoms with Crippen LogP contribution in [0.4, 0.5) is 10.5 Å². The Morgan fingerprint density at radius 1 is 1.42 bits per heavy atom. The number of aromatic nitrogens is 2. The summed E-state index contributed by atoms with van der Waals surface area (Å²) in [6.45, 7) is 3.40. The Morgan fingerprint density at radius 3 is 3.17 bits per heavy atom. The van der Waals surface area contributed by atoms with Crippen LogP contribution in [-0.4, -0.2) is 33.3 Å². The summed E-state index contributed by atoms with van der Waals surface area (Å²) in [7, 11) is 0. The minimum atomic E-state index is -0.0776. The molecule has 4 rings (SSSR count). The average Bonchev–Trinajstić information content (AvgIpc) is 3.28. The monoisotopic (exact) mass is 324 g/mol. The maximum absolute atomic E-state index is 12.7. The molecule has 1 aliphatic rings. The number of carbonyl (C=O) groups excluding carboxylic acids is 1. The largest absolute Gasteiger partial charge is 0.459 e. The van der Waals surface area contributed by atoms with Crippen molar-refractivity contribution < 1.29 is 9.21 Å². The van der Waals surface area contributed by atoms with Crippen molar-refractivity contribution in [2.75, 3.05) is 11.9 Å². The van der Waals surface area contributed by atoms with E-state index in [9.17, 15) is 4.79 Å². The van der Waals surface area contributed by atoms with Gasteiger partial charge in [0.1, 0.15) is 5.76 Å². The molecule has 2 amide bonds. The van der Waals surface area contributed by atoms with E-state index in [0.717, 1.165) is 48.3 Å². The Bertz CT molecular complexity index is 853. The summed E-state index contributed by atoms with van der Waals surface area (Å²) < 4.78 is 7.61. The maximum atomic E-state index is 12.7. The van der Waals surface area contributed by atoms with Crippen LogP contribution >= 0.6 is 0 Å². The number of rotatable bonds is 3. The number of anilines is 1. The van der Waals surface area contributed by atoms with Gasteiger partial charge in [0.25, 0.3) is 0 Å². The molecule has 0 radical (unpaired) electrons. The summed E-state index contributed by atoms with van der Waals surface area (Å²) in [5, 5.41) is 8.26. The Kier molecular flexibility index (Phi) is 3.72. The topological polar surface area (TPSA) is 63.3 Å². The van der Waals surface area contributed by atoms with Crippen molar-refractivity contribution in [1.82, 2.24) is 14.7 Å². The van der Waals surface area contributed by atoms with Crippen LogP contribution in [0.3, 0.4) is 0 Å². The Morgan fingerprint density at radius 2 is 2.33 bits per heavy atom. The third-order valence-electron chi connectivity index (χ3n) is 4.50. The smallest absolute Gasteiger partial charge is 0.322 e. The highest BCUT2D eigenvalue weighted by Gasteiger charge is 2.29. The van der Waals surface area contributed by atoms with Gasteiger partial charge in [0.2, 0.25) is 0 Å². The molecule has 3 aromatic rings. The molecule has 0 aliphatic carbocycles. The second-order valence-corrected chi connectivity index (χ2v) is 6.23. The second kappa shape index (κ2) is 6.03. The fraction of sp³-hybridized carbons (Fsp3) is 0.333. The van der Waals surface area contributed by atoms with Crippen LogP contribution in [0, 0.1) is 6.92 Å². The first-order chi connectivity index (χ1) is 11.7. The van der Waals surface area contributed by atoms with E-state index >= 15 is 0 Å². The van der Waals surface area contributed by atoms with Gasteiger partial charge in [-0.25, -0.2) is 4.79 Å². The Labute approximate surface area is 140 Å². The fourth-order valence-electron chi connectivity index (χ4n) is 3.39. The van der Waals surface area contributed by atoms with Crippen LogP contribution in [0.1, 0.15) is 18.6 Å². The molecule has 0 saturated carbocycles. The van der Waals surface area contributed by atoms with Crippen molar-refractivity contribution in [2.45, 2.75) is 32.4 Å². The van der Waals surface area contributed by atoms with Gasteiger partial charge in [-0.1, -0.05) is 12.1 Å². The van der Waals surface area contributed by atoms with E-state index in [1.165, 1.54) is 0 Å². The molecule has 1 aliphatic heterocycles. The Hall–Kier alpha value is -2.76. The Balaban J connectivity index is 1.52. The van der Waals surface area contributed by atoms with E-state index in [4.69, 9.17) is 4.42 Å². The summed E-state index contributed by atoms with van der Waals surface area (Å²) in [6.07, 6.45) is 5.71. The molecule has 0 unspecified atom stereocenters. The number of nitrogens with zero attached hydrogens (tertiary/aromatic N) is 3. The summed E-state index contributed by atoms with van der Waals surface area (Å²) in [5.41, 5.74) is 1.45. The lowest BCUT2D eigenvalue weighted by molar-refractivity contribution is 0.199. The third kappa shape index (κ3) is 2.75. The molecule has 6 nitrogen and oxygen atoms in total. The summed E-state index contributed by atoms with van der Waals surface area (Å²) in [6, 6.07) is 9.76. The summed E-state index contributed by atoms with van der Waals surface area (Å²) in [5.74, 6) is 0.837. The number of hydrogen-bond acceptors (Lipinski definition) is 3. The number of carbonyl (C=O) groups is 1. The zero-order valence-electron chi connectivity index (χ0n) is 13.6. The van der Waals surface area contributed by atoms with Gasteiger partial charge >= 0.3 is 6.03 Å². The zero-order chi connectivity index (χ0) is 16.5. The van der Waals surface area contributed by atoms with Crippen molar-refractivity contribution in [3.8, 4) is 0 Å². The molecule has 6 heteroatoms. The van der Waals surface area contributed by atoms with Crippen LogP contribution in [0.15, 0.2) is 47.1 Å². The van der Waals surface area contributed by atoms with Gasteiger partial charge in [-0.15, -0.1) is 0 Å². The number of nitrogens with one attached hydrogen (secondary N) is 1. The van der Waals surface area contributed by atoms with Crippen LogP contribution in [0.2, 0.25) is 0 Å². The highest BCUT2D eigenvalue weighted by Crippen LogP contribution is 2.28. The average molecular weight is 324 g/mol. The summed E-state index contributed by atoms with van der Waals surface area (Å²) in [4.78, 5) is 14.6. The van der Waals surface area contributed by atoms with Crippen molar-refractivity contribution in [1.29, 1.82) is 0 Å². The van der Waals surface area contributed by atoms with E-state index in [-0.39, 0.29) is 12.1 Å². The first kappa shape index (κ1) is 14.8. The van der Waals surface area contributed by atoms with Gasteiger partial charge in [-0.2, -0.15) is 5.10 Å². The number of fused-ring (bicyclic) bond motifs is 1. The molecule has 124 valence electrons. The number of para-hydroxylation sites is 1. The number of benzene rings is 1. The molecular weight excluding hydrogens is 304 g/mol. The number of aryl methyl sites for hydroxylation is 1. The highest BCUT2D eigenvalue weighted by atomic mass is 16.3. The van der Waals surface area contributed by atoms with Gasteiger partial charge in [0.15, 0.2) is 5.58 Å². The van der Waals surface area contributed by atoms with Crippen LogP contribution in [-0.2, 0) is 6.54 Å². The van der Waals surface area contributed by atoms with Gasteiger partial charge in [0.05, 0.1) is 18.3 Å². The van der Waals surface area contributed by atoms with Crippen molar-refractivity contribution in [3.05, 3.63) is 48.5 Å². The van der Waals surface area contributed by atoms with E-state index in [0.29, 0.717) is 0 Å². The lowest BCUT2D eigenvalue weighted by Gasteiger charge is -2.25. The normalized spacial score (nSPS) is 17.5. The minimum Gasteiger partial charge on any atom is -0.459 e. The number of likely N-dealkylation sites (tertiary alicyclic amines) is 1. The molecule has 1 fully saturated rings. The first-order valence-electron chi connectivity index (χ1n) is 8.25. The van der Waals surface area contributed by atoms with E-state index in [1.54, 1.807) is 6.20 Å². The molecule has 1 saturated heterocycles. The fourth-order valence-corrected chi connectivity index (χ4v) is 3.39. The SMILES string of the molecule is Cc1cc2cccc(NC(=O)N3CCC[C@@H]3Cn3cccn3)c2o1. The highest BCUT2D eigenvalue weighted by molar-refractivity contribution is 5.99. The minimum absolute atomic E-state index is 0.0776. The number of urea groups is 1. The molecule has 1 N–H and O–H groups in total. The molecule has 0 bridgehead atoms. The van der Waals surface area contributed by atoms with Crippen molar-refractivity contribution >= 4 is 22.7 Å². The zero-order valence-corrected chi connectivity index (χ0v) is 13.6. The summed E-state index contributed by atoms with van der Waals surface area (Å²) >= 11 is 0. The molecule has 1 atom stereocenters. The van der Waals surface area contributed by atoms with E-state index in [2.05, 4.69) is 10.4 Å². The third-order valence-corrected chi connectivity index (χ3v) is 4.50. The van der Waals surface area contributed by atoms with E-state index in [1.807, 2.05) is 53.0 Å². The van der Waals surface area contributed by atoms with E-state index < -0.39 is 0 Å². The van der Waals surface area contributed by atoms with Crippen LogP contribution < -0.4 is 5.32 Å². The van der Waals surface area contributed by atoms with Gasteiger partial charge < -0.3 is 14.6 Å². The first-order valence-corrected chi connectivity index (χ1v) is 8.25. The van der Waals surface area contributed by atoms with Gasteiger partial charge in [-0.3, -0.25) is 4.68 Å². The molecule has 24 heavy (non-hydrogen) atoms. The quantitative estimate of drug-likeness (QED) is 0.800. The predicted octanol–water partition coefficient (Wildman–Crippen LogP) is 3.63. The van der Waals surface area contributed by atoms with Gasteiger partial charge in [-0.05, 0) is 38.0 Å². The number of furan rings is 1. The number of amides is 2. The van der Waals surface area contributed by atoms with Crippen molar-refractivity contribution in [2.24, 2.45) is 0 Å². The molecule has 0 spiro atoms. The standard InChI is InChI=1S/C18H20N4O2/c1-13-11-14-5-2-7-16(17(14)24-13)20-18(23)22-10-3-6-15(22)12-21-9-4-8-19-21/h2,4-5,7-9,11,15H,3,6,10,12H2,1H3,(H,20,23)/t15-/m1/s1. The van der Waals surface area contributed by atoms with Gasteiger partial charge in [0, 0.05) is 24.3 Å². The van der Waals surface area contributed by atoms with Crippen LogP contribution in [0.5, 0.6) is 0 Å². The maximum Gasteiger partial charge on any atom is 0.322 e. The lowest BCUT2D eigenvalue weighted by Crippen LogP contribution is -2.40. The predicted molar refractivity (Wildman–Crippen MR) is 91.9 cm³/mol. The molecule has 2 aromatic heterocycles. The number of hydrogen-bond donors (Lipinski definition) is 1. The second-order valence-electron chi connectivity index (χ2n) is 6.23. The molecule has 3 heterocycles. The lowest BCUT2D eigenvalue weighted by atomic mass is 10.2. The molecular formula is C18H20N4O2. The molecule has 1 aromatic carbocycles. The van der Waals surface area contributed by atoms with Crippen LogP contribution in [0.25, 0.3) is 11.0 Å². The van der Waals surface area contributed by atoms with Crippen molar-refractivity contribution in [3.63, 3.8) is 0 Å².